The van der Waals surface area contributed by atoms with E-state index in [4.69, 9.17) is 16.3 Å². The molecular weight excluding hydrogens is 460 g/mol. The van der Waals surface area contributed by atoms with Crippen molar-refractivity contribution in [2.24, 2.45) is 0 Å². The molecule has 32 heavy (non-hydrogen) atoms. The lowest BCUT2D eigenvalue weighted by Gasteiger charge is -2.34. The van der Waals surface area contributed by atoms with Crippen molar-refractivity contribution in [1.29, 1.82) is 0 Å². The summed E-state index contributed by atoms with van der Waals surface area (Å²) in [4.78, 5) is 24.9. The number of nitro benzene ring substituents is 1. The molecule has 0 spiro atoms. The fourth-order valence-corrected chi connectivity index (χ4v) is 4.94. The van der Waals surface area contributed by atoms with Crippen molar-refractivity contribution in [3.05, 3.63) is 63.2 Å². The SMILES string of the molecule is COc1ccc(S(=O)(=O)N2CCN(CCNC(=O)c3cc([N+](=O)[O-])ccc3Cl)CC2)cc1. The lowest BCUT2D eigenvalue weighted by molar-refractivity contribution is -0.384. The fraction of sp³-hybridized carbons (Fsp3) is 0.350. The zero-order valence-electron chi connectivity index (χ0n) is 17.4. The van der Waals surface area contributed by atoms with Gasteiger partial charge < -0.3 is 10.1 Å². The van der Waals surface area contributed by atoms with E-state index in [0.29, 0.717) is 45.0 Å². The minimum Gasteiger partial charge on any atom is -0.497 e. The molecule has 1 aliphatic rings. The number of amides is 1. The molecule has 0 radical (unpaired) electrons. The predicted molar refractivity (Wildman–Crippen MR) is 119 cm³/mol. The van der Waals surface area contributed by atoms with E-state index in [1.807, 2.05) is 4.90 Å². The highest BCUT2D eigenvalue weighted by Crippen LogP contribution is 2.22. The average molecular weight is 483 g/mol. The van der Waals surface area contributed by atoms with Crippen LogP contribution in [0.5, 0.6) is 5.75 Å². The van der Waals surface area contributed by atoms with Gasteiger partial charge in [0, 0.05) is 51.4 Å². The Bertz CT molecular complexity index is 1090. The number of piperazine rings is 1. The number of nitrogens with zero attached hydrogens (tertiary/aromatic N) is 3. The van der Waals surface area contributed by atoms with Crippen molar-refractivity contribution >= 4 is 33.2 Å². The lowest BCUT2D eigenvalue weighted by Crippen LogP contribution is -2.50. The van der Waals surface area contributed by atoms with Crippen molar-refractivity contribution < 1.29 is 22.9 Å². The standard InChI is InChI=1S/C20H23ClN4O6S/c1-31-16-3-5-17(6-4-16)32(29,30)24-12-10-23(11-13-24)9-8-22-20(26)18-14-15(25(27)28)2-7-19(18)21/h2-7,14H,8-13H2,1H3,(H,22,26). The van der Waals surface area contributed by atoms with Crippen LogP contribution in [0.1, 0.15) is 10.4 Å². The lowest BCUT2D eigenvalue weighted by atomic mass is 10.2. The number of benzene rings is 2. The summed E-state index contributed by atoms with van der Waals surface area (Å²) in [5, 5.41) is 13.7. The normalized spacial score (nSPS) is 15.3. The molecule has 1 fully saturated rings. The molecule has 10 nitrogen and oxygen atoms in total. The predicted octanol–water partition coefficient (Wildman–Crippen LogP) is 1.99. The molecule has 0 aromatic heterocycles. The molecule has 0 atom stereocenters. The van der Waals surface area contributed by atoms with Crippen LogP contribution in [0.25, 0.3) is 0 Å². The number of rotatable bonds is 8. The highest BCUT2D eigenvalue weighted by atomic mass is 35.5. The van der Waals surface area contributed by atoms with Crippen LogP contribution in [0.15, 0.2) is 47.4 Å². The Morgan fingerprint density at radius 1 is 1.16 bits per heavy atom. The van der Waals surface area contributed by atoms with Crippen molar-refractivity contribution in [3.8, 4) is 5.75 Å². The fourth-order valence-electron chi connectivity index (χ4n) is 3.31. The zero-order chi connectivity index (χ0) is 23.3. The second-order valence-corrected chi connectivity index (χ2v) is 9.44. The van der Waals surface area contributed by atoms with Crippen LogP contribution in [0.4, 0.5) is 5.69 Å². The van der Waals surface area contributed by atoms with Gasteiger partial charge in [0.2, 0.25) is 10.0 Å². The number of non-ortho nitro benzene ring substituents is 1. The van der Waals surface area contributed by atoms with Gasteiger partial charge in [-0.25, -0.2) is 8.42 Å². The quantitative estimate of drug-likeness (QED) is 0.451. The molecule has 0 saturated carbocycles. The molecule has 2 aromatic rings. The number of nitro groups is 1. The smallest absolute Gasteiger partial charge is 0.270 e. The Balaban J connectivity index is 1.49. The Morgan fingerprint density at radius 3 is 2.41 bits per heavy atom. The van der Waals surface area contributed by atoms with Gasteiger partial charge >= 0.3 is 0 Å². The molecule has 1 saturated heterocycles. The van der Waals surface area contributed by atoms with Gasteiger partial charge in [-0.15, -0.1) is 0 Å². The second-order valence-electron chi connectivity index (χ2n) is 7.10. The van der Waals surface area contributed by atoms with Gasteiger partial charge in [0.1, 0.15) is 5.75 Å². The van der Waals surface area contributed by atoms with Crippen molar-refractivity contribution in [1.82, 2.24) is 14.5 Å². The number of hydrogen-bond donors (Lipinski definition) is 1. The summed E-state index contributed by atoms with van der Waals surface area (Å²) in [5.41, 5.74) is -0.176. The van der Waals surface area contributed by atoms with Crippen LogP contribution in [-0.2, 0) is 10.0 Å². The number of methoxy groups -OCH3 is 1. The van der Waals surface area contributed by atoms with Crippen molar-refractivity contribution in [2.45, 2.75) is 4.90 Å². The van der Waals surface area contributed by atoms with E-state index >= 15 is 0 Å². The molecule has 1 aliphatic heterocycles. The molecule has 2 aromatic carbocycles. The molecule has 172 valence electrons. The summed E-state index contributed by atoms with van der Waals surface area (Å²) in [5.74, 6) is 0.0848. The largest absolute Gasteiger partial charge is 0.497 e. The first-order valence-electron chi connectivity index (χ1n) is 9.81. The first-order chi connectivity index (χ1) is 15.2. The van der Waals surface area contributed by atoms with E-state index in [0.717, 1.165) is 6.07 Å². The zero-order valence-corrected chi connectivity index (χ0v) is 18.9. The Kier molecular flexibility index (Phi) is 7.67. The number of carbonyl (C=O) groups is 1. The monoisotopic (exact) mass is 482 g/mol. The molecule has 1 heterocycles. The third-order valence-electron chi connectivity index (χ3n) is 5.15. The second kappa shape index (κ2) is 10.3. The highest BCUT2D eigenvalue weighted by Gasteiger charge is 2.28. The summed E-state index contributed by atoms with van der Waals surface area (Å²) in [7, 11) is -2.07. The van der Waals surface area contributed by atoms with Crippen LogP contribution < -0.4 is 10.1 Å². The maximum Gasteiger partial charge on any atom is 0.270 e. The Hall–Kier alpha value is -2.73. The summed E-state index contributed by atoms with van der Waals surface area (Å²) in [6, 6.07) is 9.96. The summed E-state index contributed by atoms with van der Waals surface area (Å²) < 4.78 is 32.1. The van der Waals surface area contributed by atoms with E-state index < -0.39 is 20.9 Å². The Labute approximate surface area is 190 Å². The van der Waals surface area contributed by atoms with Crippen LogP contribution in [0.3, 0.4) is 0 Å². The van der Waals surface area contributed by atoms with Gasteiger partial charge in [-0.05, 0) is 30.3 Å². The number of ether oxygens (including phenoxy) is 1. The molecule has 0 unspecified atom stereocenters. The van der Waals surface area contributed by atoms with E-state index in [9.17, 15) is 23.3 Å². The van der Waals surface area contributed by atoms with Gasteiger partial charge in [-0.3, -0.25) is 19.8 Å². The first kappa shape index (κ1) is 23.9. The van der Waals surface area contributed by atoms with Gasteiger partial charge in [-0.1, -0.05) is 11.6 Å². The van der Waals surface area contributed by atoms with Crippen LogP contribution in [0, 0.1) is 10.1 Å². The van der Waals surface area contributed by atoms with Gasteiger partial charge in [-0.2, -0.15) is 4.31 Å². The van der Waals surface area contributed by atoms with E-state index in [2.05, 4.69) is 5.32 Å². The maximum absolute atomic E-state index is 12.8. The number of nitrogens with one attached hydrogen (secondary N) is 1. The van der Waals surface area contributed by atoms with Crippen LogP contribution in [0.2, 0.25) is 5.02 Å². The topological polar surface area (TPSA) is 122 Å². The minimum absolute atomic E-state index is 0.0382. The van der Waals surface area contributed by atoms with E-state index in [-0.39, 0.29) is 21.2 Å². The third-order valence-corrected chi connectivity index (χ3v) is 7.39. The van der Waals surface area contributed by atoms with Crippen LogP contribution in [-0.4, -0.2) is 74.8 Å². The van der Waals surface area contributed by atoms with Gasteiger partial charge in [0.05, 0.1) is 27.5 Å². The molecule has 0 bridgehead atoms. The number of sulfonamides is 1. The highest BCUT2D eigenvalue weighted by molar-refractivity contribution is 7.89. The number of carbonyl (C=O) groups excluding carboxylic acids is 1. The number of hydrogen-bond acceptors (Lipinski definition) is 7. The maximum atomic E-state index is 12.8. The number of halogens is 1. The molecular formula is C20H23ClN4O6S. The summed E-state index contributed by atoms with van der Waals surface area (Å²) in [6.45, 7) is 2.50. The summed E-state index contributed by atoms with van der Waals surface area (Å²) in [6.07, 6.45) is 0. The van der Waals surface area contributed by atoms with Gasteiger partial charge in [0.25, 0.3) is 11.6 Å². The van der Waals surface area contributed by atoms with Crippen molar-refractivity contribution in [2.75, 3.05) is 46.4 Å². The van der Waals surface area contributed by atoms with Crippen molar-refractivity contribution in [3.63, 3.8) is 0 Å². The van der Waals surface area contributed by atoms with E-state index in [1.54, 1.807) is 12.1 Å². The molecule has 12 heteroatoms. The molecule has 1 amide bonds. The molecule has 1 N–H and O–H groups in total. The third kappa shape index (κ3) is 5.54. The summed E-state index contributed by atoms with van der Waals surface area (Å²) >= 11 is 5.99. The first-order valence-corrected chi connectivity index (χ1v) is 11.6. The van der Waals surface area contributed by atoms with Gasteiger partial charge in [0.15, 0.2) is 0 Å². The molecule has 3 rings (SSSR count). The average Bonchev–Trinajstić information content (AvgIpc) is 2.79. The Morgan fingerprint density at radius 2 is 1.81 bits per heavy atom. The van der Waals surface area contributed by atoms with E-state index in [1.165, 1.54) is 35.7 Å². The van der Waals surface area contributed by atoms with Crippen LogP contribution >= 0.6 is 11.6 Å². The minimum atomic E-state index is -3.58. The molecule has 0 aliphatic carbocycles.